The largest absolute Gasteiger partial charge is 0.346 e. The van der Waals surface area contributed by atoms with Crippen molar-refractivity contribution in [3.05, 3.63) is 56.8 Å². The Bertz CT molecular complexity index is 1190. The summed E-state index contributed by atoms with van der Waals surface area (Å²) in [6, 6.07) is 3.77. The second kappa shape index (κ2) is 8.33. The quantitative estimate of drug-likeness (QED) is 0.652. The molecule has 1 saturated heterocycles. The number of rotatable bonds is 5. The smallest absolute Gasteiger partial charge is 0.270 e. The Morgan fingerprint density at radius 2 is 1.94 bits per heavy atom. The third-order valence-electron chi connectivity index (χ3n) is 5.72. The summed E-state index contributed by atoms with van der Waals surface area (Å²) in [5.41, 5.74) is 4.48. The van der Waals surface area contributed by atoms with E-state index in [1.807, 2.05) is 40.0 Å². The van der Waals surface area contributed by atoms with Crippen LogP contribution in [-0.4, -0.2) is 43.7 Å². The normalized spacial score (nSPS) is 13.6. The van der Waals surface area contributed by atoms with Crippen LogP contribution in [0.2, 0.25) is 0 Å². The minimum absolute atomic E-state index is 0.129. The summed E-state index contributed by atoms with van der Waals surface area (Å²) in [6.07, 6.45) is 3.86. The molecule has 0 spiro atoms. The van der Waals surface area contributed by atoms with Gasteiger partial charge in [-0.25, -0.2) is 9.97 Å². The first-order chi connectivity index (χ1) is 14.8. The molecule has 9 heteroatoms. The van der Waals surface area contributed by atoms with Gasteiger partial charge in [0, 0.05) is 49.7 Å². The highest BCUT2D eigenvalue weighted by Crippen LogP contribution is 2.26. The molecule has 4 heterocycles. The summed E-state index contributed by atoms with van der Waals surface area (Å²) >= 11 is 0. The van der Waals surface area contributed by atoms with Crippen molar-refractivity contribution in [1.82, 2.24) is 30.0 Å². The number of aryl methyl sites for hydroxylation is 3. The lowest BCUT2D eigenvalue weighted by Crippen LogP contribution is -2.30. The van der Waals surface area contributed by atoms with Crippen molar-refractivity contribution >= 4 is 11.9 Å². The first-order valence-electron chi connectivity index (χ1n) is 10.4. The van der Waals surface area contributed by atoms with Gasteiger partial charge < -0.3 is 15.2 Å². The molecule has 3 aromatic rings. The number of hydrogen-bond acceptors (Lipinski definition) is 6. The summed E-state index contributed by atoms with van der Waals surface area (Å²) in [7, 11) is 1.85. The highest BCUT2D eigenvalue weighted by atomic mass is 16.2. The Morgan fingerprint density at radius 3 is 2.58 bits per heavy atom. The molecular formula is C22H27N7O2. The van der Waals surface area contributed by atoms with Crippen LogP contribution in [0.4, 0.5) is 5.95 Å². The van der Waals surface area contributed by atoms with Crippen molar-refractivity contribution in [2.75, 3.05) is 18.0 Å². The number of aromatic amines is 1. The van der Waals surface area contributed by atoms with Gasteiger partial charge in [0.15, 0.2) is 0 Å². The van der Waals surface area contributed by atoms with Gasteiger partial charge in [-0.2, -0.15) is 5.10 Å². The minimum Gasteiger partial charge on any atom is -0.346 e. The number of amides is 1. The van der Waals surface area contributed by atoms with E-state index < -0.39 is 0 Å². The Balaban J connectivity index is 1.69. The monoisotopic (exact) mass is 421 g/mol. The van der Waals surface area contributed by atoms with Crippen LogP contribution in [0.3, 0.4) is 0 Å². The fourth-order valence-electron chi connectivity index (χ4n) is 3.99. The molecule has 0 radical (unpaired) electrons. The summed E-state index contributed by atoms with van der Waals surface area (Å²) in [5, 5.41) is 7.11. The summed E-state index contributed by atoms with van der Waals surface area (Å²) in [5.74, 6) is 0.219. The lowest BCUT2D eigenvalue weighted by Gasteiger charge is -2.19. The lowest BCUT2D eigenvalue weighted by atomic mass is 10.1. The van der Waals surface area contributed by atoms with Gasteiger partial charge in [-0.15, -0.1) is 0 Å². The van der Waals surface area contributed by atoms with Crippen LogP contribution >= 0.6 is 0 Å². The fraction of sp³-hybridized carbons (Fsp3) is 0.409. The SMILES string of the molecule is Cc1cc(C)c(CNC(=O)c2nc(N3CCCC3)nc(-c3ccnn3C)c2C)c(=O)[nH]1. The van der Waals surface area contributed by atoms with Crippen LogP contribution < -0.4 is 15.8 Å². The fourth-order valence-corrected chi connectivity index (χ4v) is 3.99. The maximum atomic E-state index is 13.1. The van der Waals surface area contributed by atoms with E-state index in [-0.39, 0.29) is 18.0 Å². The molecule has 162 valence electrons. The van der Waals surface area contributed by atoms with Gasteiger partial charge in [0.25, 0.3) is 11.5 Å². The maximum absolute atomic E-state index is 13.1. The number of carbonyl (C=O) groups is 1. The molecule has 0 aliphatic carbocycles. The number of carbonyl (C=O) groups excluding carboxylic acids is 1. The highest BCUT2D eigenvalue weighted by molar-refractivity contribution is 5.95. The molecule has 0 aromatic carbocycles. The Labute approximate surface area is 180 Å². The van der Waals surface area contributed by atoms with E-state index >= 15 is 0 Å². The van der Waals surface area contributed by atoms with E-state index in [1.54, 1.807) is 10.9 Å². The van der Waals surface area contributed by atoms with Crippen molar-refractivity contribution < 1.29 is 4.79 Å². The van der Waals surface area contributed by atoms with E-state index in [2.05, 4.69) is 25.3 Å². The molecule has 4 rings (SSSR count). The molecule has 3 aromatic heterocycles. The van der Waals surface area contributed by atoms with Gasteiger partial charge in [-0.05, 0) is 51.3 Å². The molecule has 1 amide bonds. The number of aromatic nitrogens is 5. The number of anilines is 1. The van der Waals surface area contributed by atoms with Crippen LogP contribution in [-0.2, 0) is 13.6 Å². The Morgan fingerprint density at radius 1 is 1.19 bits per heavy atom. The van der Waals surface area contributed by atoms with E-state index in [4.69, 9.17) is 4.98 Å². The van der Waals surface area contributed by atoms with E-state index in [9.17, 15) is 9.59 Å². The molecule has 0 atom stereocenters. The minimum atomic E-state index is -0.330. The van der Waals surface area contributed by atoms with Gasteiger partial charge in [0.2, 0.25) is 5.95 Å². The highest BCUT2D eigenvalue weighted by Gasteiger charge is 2.24. The van der Waals surface area contributed by atoms with Crippen LogP contribution in [0.15, 0.2) is 23.1 Å². The summed E-state index contributed by atoms with van der Waals surface area (Å²) in [6.45, 7) is 7.41. The van der Waals surface area contributed by atoms with Crippen LogP contribution in [0.25, 0.3) is 11.4 Å². The molecule has 1 aliphatic rings. The zero-order chi connectivity index (χ0) is 22.1. The number of pyridine rings is 1. The second-order valence-corrected chi connectivity index (χ2v) is 8.01. The van der Waals surface area contributed by atoms with Crippen LogP contribution in [0, 0.1) is 20.8 Å². The molecule has 31 heavy (non-hydrogen) atoms. The van der Waals surface area contributed by atoms with Crippen LogP contribution in [0.1, 0.15) is 45.7 Å². The summed E-state index contributed by atoms with van der Waals surface area (Å²) < 4.78 is 1.74. The maximum Gasteiger partial charge on any atom is 0.270 e. The molecule has 2 N–H and O–H groups in total. The standard InChI is InChI=1S/C22H27N7O2/c1-13-11-14(2)25-20(30)16(13)12-23-21(31)19-15(3)18(17-7-8-24-28(17)4)26-22(27-19)29-9-5-6-10-29/h7-8,11H,5-6,9-10,12H2,1-4H3,(H,23,31)(H,25,30). The van der Waals surface area contributed by atoms with Gasteiger partial charge in [-0.3, -0.25) is 14.3 Å². The average molecular weight is 422 g/mol. The third-order valence-corrected chi connectivity index (χ3v) is 5.72. The van der Waals surface area contributed by atoms with Gasteiger partial charge in [0.1, 0.15) is 5.69 Å². The van der Waals surface area contributed by atoms with Crippen molar-refractivity contribution in [1.29, 1.82) is 0 Å². The van der Waals surface area contributed by atoms with E-state index in [0.717, 1.165) is 42.9 Å². The van der Waals surface area contributed by atoms with Gasteiger partial charge in [0.05, 0.1) is 11.4 Å². The Kier molecular flexibility index (Phi) is 5.58. The van der Waals surface area contributed by atoms with Gasteiger partial charge >= 0.3 is 0 Å². The molecule has 1 aliphatic heterocycles. The van der Waals surface area contributed by atoms with Crippen molar-refractivity contribution in [2.24, 2.45) is 7.05 Å². The number of H-pyrrole nitrogens is 1. The van der Waals surface area contributed by atoms with Crippen molar-refractivity contribution in [3.63, 3.8) is 0 Å². The molecule has 1 fully saturated rings. The second-order valence-electron chi connectivity index (χ2n) is 8.01. The number of hydrogen-bond donors (Lipinski definition) is 2. The molecular weight excluding hydrogens is 394 g/mol. The first-order valence-corrected chi connectivity index (χ1v) is 10.4. The molecule has 0 bridgehead atoms. The van der Waals surface area contributed by atoms with E-state index in [0.29, 0.717) is 28.5 Å². The zero-order valence-corrected chi connectivity index (χ0v) is 18.3. The molecule has 0 saturated carbocycles. The summed E-state index contributed by atoms with van der Waals surface area (Å²) in [4.78, 5) is 39.7. The predicted octanol–water partition coefficient (Wildman–Crippen LogP) is 2.02. The van der Waals surface area contributed by atoms with Gasteiger partial charge in [-0.1, -0.05) is 0 Å². The number of nitrogens with one attached hydrogen (secondary N) is 2. The predicted molar refractivity (Wildman–Crippen MR) is 118 cm³/mol. The molecule has 0 unspecified atom stereocenters. The topological polar surface area (TPSA) is 109 Å². The van der Waals surface area contributed by atoms with E-state index in [1.165, 1.54) is 0 Å². The first kappa shape index (κ1) is 20.8. The van der Waals surface area contributed by atoms with Crippen molar-refractivity contribution in [2.45, 2.75) is 40.2 Å². The number of nitrogens with zero attached hydrogens (tertiary/aromatic N) is 5. The molecule has 9 nitrogen and oxygen atoms in total. The lowest BCUT2D eigenvalue weighted by molar-refractivity contribution is 0.0945. The zero-order valence-electron chi connectivity index (χ0n) is 18.3. The Hall–Kier alpha value is -3.49. The van der Waals surface area contributed by atoms with Crippen LogP contribution in [0.5, 0.6) is 0 Å². The average Bonchev–Trinajstić information content (AvgIpc) is 3.39. The third kappa shape index (κ3) is 4.08. The van der Waals surface area contributed by atoms with Crippen molar-refractivity contribution in [3.8, 4) is 11.4 Å².